The second kappa shape index (κ2) is 6.79. The third kappa shape index (κ3) is 4.55. The number of aryl methyl sites for hydroxylation is 2. The van der Waals surface area contributed by atoms with Gasteiger partial charge in [0.1, 0.15) is 9.84 Å². The van der Waals surface area contributed by atoms with Gasteiger partial charge in [-0.25, -0.2) is 8.42 Å². The van der Waals surface area contributed by atoms with Crippen LogP contribution in [0.15, 0.2) is 18.2 Å². The molecule has 1 amide bonds. The monoisotopic (exact) mass is 324 g/mol. The van der Waals surface area contributed by atoms with Crippen molar-refractivity contribution in [1.82, 2.24) is 9.80 Å². The van der Waals surface area contributed by atoms with E-state index < -0.39 is 9.84 Å². The number of rotatable bonds is 4. The van der Waals surface area contributed by atoms with Gasteiger partial charge in [-0.05, 0) is 37.1 Å². The van der Waals surface area contributed by atoms with Crippen LogP contribution in [0.3, 0.4) is 0 Å². The minimum atomic E-state index is -2.93. The highest BCUT2D eigenvalue weighted by Gasteiger charge is 2.22. The second-order valence-electron chi connectivity index (χ2n) is 6.06. The molecule has 5 nitrogen and oxygen atoms in total. The lowest BCUT2D eigenvalue weighted by molar-refractivity contribution is 0.0644. The zero-order valence-corrected chi connectivity index (χ0v) is 14.3. The van der Waals surface area contributed by atoms with Crippen molar-refractivity contribution < 1.29 is 13.2 Å². The van der Waals surface area contributed by atoms with Crippen LogP contribution in [0.4, 0.5) is 0 Å². The molecule has 0 aliphatic carbocycles. The Labute approximate surface area is 132 Å². The molecule has 1 fully saturated rings. The molecule has 0 spiro atoms. The molecule has 0 unspecified atom stereocenters. The second-order valence-corrected chi connectivity index (χ2v) is 8.32. The Bertz CT molecular complexity index is 647. The first-order chi connectivity index (χ1) is 10.3. The van der Waals surface area contributed by atoms with Gasteiger partial charge in [-0.1, -0.05) is 6.07 Å². The van der Waals surface area contributed by atoms with E-state index in [0.29, 0.717) is 19.6 Å². The van der Waals surface area contributed by atoms with E-state index in [2.05, 4.69) is 4.90 Å². The Hall–Kier alpha value is -1.40. The molecule has 122 valence electrons. The Balaban J connectivity index is 1.91. The minimum absolute atomic E-state index is 0.0610. The normalized spacial score (nSPS) is 16.8. The third-order valence-electron chi connectivity index (χ3n) is 4.19. The Morgan fingerprint density at radius 1 is 1.09 bits per heavy atom. The molecule has 22 heavy (non-hydrogen) atoms. The van der Waals surface area contributed by atoms with E-state index in [-0.39, 0.29) is 11.7 Å². The van der Waals surface area contributed by atoms with Crippen LogP contribution < -0.4 is 0 Å². The molecule has 0 aromatic heterocycles. The zero-order valence-electron chi connectivity index (χ0n) is 13.5. The molecular weight excluding hydrogens is 300 g/mol. The number of nitrogens with zero attached hydrogens (tertiary/aromatic N) is 2. The quantitative estimate of drug-likeness (QED) is 0.832. The summed E-state index contributed by atoms with van der Waals surface area (Å²) >= 11 is 0. The molecule has 1 aromatic rings. The highest BCUT2D eigenvalue weighted by molar-refractivity contribution is 7.90. The maximum atomic E-state index is 12.5. The van der Waals surface area contributed by atoms with Gasteiger partial charge in [0.05, 0.1) is 5.75 Å². The van der Waals surface area contributed by atoms with Gasteiger partial charge in [-0.2, -0.15) is 0 Å². The maximum absolute atomic E-state index is 12.5. The van der Waals surface area contributed by atoms with Crippen LogP contribution in [0.5, 0.6) is 0 Å². The van der Waals surface area contributed by atoms with E-state index in [4.69, 9.17) is 0 Å². The first-order valence-electron chi connectivity index (χ1n) is 7.53. The fraction of sp³-hybridized carbons (Fsp3) is 0.562. The van der Waals surface area contributed by atoms with Crippen molar-refractivity contribution in [2.45, 2.75) is 13.8 Å². The van der Waals surface area contributed by atoms with Gasteiger partial charge >= 0.3 is 0 Å². The number of benzene rings is 1. The smallest absolute Gasteiger partial charge is 0.253 e. The summed E-state index contributed by atoms with van der Waals surface area (Å²) in [5.41, 5.74) is 3.03. The van der Waals surface area contributed by atoms with Crippen molar-refractivity contribution in [2.75, 3.05) is 44.7 Å². The Kier molecular flexibility index (Phi) is 5.24. The van der Waals surface area contributed by atoms with E-state index in [1.54, 1.807) is 0 Å². The number of hydrogen-bond acceptors (Lipinski definition) is 4. The van der Waals surface area contributed by atoms with E-state index in [1.165, 1.54) is 11.8 Å². The van der Waals surface area contributed by atoms with Gasteiger partial charge in [-0.15, -0.1) is 0 Å². The van der Waals surface area contributed by atoms with E-state index in [9.17, 15) is 13.2 Å². The van der Waals surface area contributed by atoms with Crippen molar-refractivity contribution in [3.05, 3.63) is 34.9 Å². The van der Waals surface area contributed by atoms with Crippen LogP contribution in [0.2, 0.25) is 0 Å². The Morgan fingerprint density at radius 3 is 2.27 bits per heavy atom. The molecule has 1 saturated heterocycles. The number of piperazine rings is 1. The summed E-state index contributed by atoms with van der Waals surface area (Å²) in [4.78, 5) is 16.4. The van der Waals surface area contributed by atoms with E-state index >= 15 is 0 Å². The first-order valence-corrected chi connectivity index (χ1v) is 9.59. The largest absolute Gasteiger partial charge is 0.336 e. The molecule has 1 aliphatic rings. The van der Waals surface area contributed by atoms with Crippen LogP contribution >= 0.6 is 0 Å². The first kappa shape index (κ1) is 17.0. The average molecular weight is 324 g/mol. The van der Waals surface area contributed by atoms with Crippen LogP contribution in [0.25, 0.3) is 0 Å². The van der Waals surface area contributed by atoms with Gasteiger partial charge in [0.2, 0.25) is 0 Å². The van der Waals surface area contributed by atoms with Crippen molar-refractivity contribution >= 4 is 15.7 Å². The van der Waals surface area contributed by atoms with Crippen molar-refractivity contribution in [3.8, 4) is 0 Å². The zero-order chi connectivity index (χ0) is 16.3. The SMILES string of the molecule is Cc1ccc(C(=O)N2CCN(CCS(C)(=O)=O)CC2)cc1C. The van der Waals surface area contributed by atoms with Crippen LogP contribution in [-0.2, 0) is 9.84 Å². The van der Waals surface area contributed by atoms with Crippen LogP contribution in [0, 0.1) is 13.8 Å². The topological polar surface area (TPSA) is 57.7 Å². The standard InChI is InChI=1S/C16H24N2O3S/c1-13-4-5-15(12-14(13)2)16(19)18-8-6-17(7-9-18)10-11-22(3,20)21/h4-5,12H,6-11H2,1-3H3. The van der Waals surface area contributed by atoms with Crippen LogP contribution in [0.1, 0.15) is 21.5 Å². The Morgan fingerprint density at radius 2 is 1.73 bits per heavy atom. The van der Waals surface area contributed by atoms with Gasteiger partial charge in [0, 0.05) is 44.5 Å². The average Bonchev–Trinajstić information content (AvgIpc) is 2.47. The summed E-state index contributed by atoms with van der Waals surface area (Å²) in [5.74, 6) is 0.240. The molecule has 0 atom stereocenters. The number of hydrogen-bond donors (Lipinski definition) is 0. The number of amides is 1. The summed E-state index contributed by atoms with van der Waals surface area (Å²) < 4.78 is 22.4. The molecule has 1 aromatic carbocycles. The van der Waals surface area contributed by atoms with Gasteiger partial charge < -0.3 is 4.90 Å². The number of carbonyl (C=O) groups excluding carboxylic acids is 1. The number of sulfone groups is 1. The van der Waals surface area contributed by atoms with E-state index in [1.807, 2.05) is 36.9 Å². The molecule has 2 rings (SSSR count). The number of carbonyl (C=O) groups is 1. The van der Waals surface area contributed by atoms with Crippen molar-refractivity contribution in [3.63, 3.8) is 0 Å². The third-order valence-corrected chi connectivity index (χ3v) is 5.12. The molecular formula is C16H24N2O3S. The molecule has 6 heteroatoms. The molecule has 0 bridgehead atoms. The summed E-state index contributed by atoms with van der Waals surface area (Å²) in [6.07, 6.45) is 1.26. The van der Waals surface area contributed by atoms with Crippen molar-refractivity contribution in [2.24, 2.45) is 0 Å². The lowest BCUT2D eigenvalue weighted by Crippen LogP contribution is -2.49. The lowest BCUT2D eigenvalue weighted by atomic mass is 10.1. The van der Waals surface area contributed by atoms with E-state index in [0.717, 1.165) is 24.2 Å². The highest BCUT2D eigenvalue weighted by Crippen LogP contribution is 2.13. The summed E-state index contributed by atoms with van der Waals surface area (Å²) in [6, 6.07) is 5.79. The minimum Gasteiger partial charge on any atom is -0.336 e. The molecule has 1 aliphatic heterocycles. The summed E-state index contributed by atoms with van der Waals surface area (Å²) in [7, 11) is -2.93. The van der Waals surface area contributed by atoms with Gasteiger partial charge in [0.15, 0.2) is 0 Å². The molecule has 0 N–H and O–H groups in total. The maximum Gasteiger partial charge on any atom is 0.253 e. The highest BCUT2D eigenvalue weighted by atomic mass is 32.2. The molecule has 0 saturated carbocycles. The lowest BCUT2D eigenvalue weighted by Gasteiger charge is -2.34. The predicted molar refractivity (Wildman–Crippen MR) is 88.0 cm³/mol. The predicted octanol–water partition coefficient (Wildman–Crippen LogP) is 1.11. The van der Waals surface area contributed by atoms with Gasteiger partial charge in [0.25, 0.3) is 5.91 Å². The van der Waals surface area contributed by atoms with Crippen molar-refractivity contribution in [1.29, 1.82) is 0 Å². The molecule has 0 radical (unpaired) electrons. The van der Waals surface area contributed by atoms with Crippen LogP contribution in [-0.4, -0.2) is 68.9 Å². The fourth-order valence-electron chi connectivity index (χ4n) is 2.53. The molecule has 1 heterocycles. The van der Waals surface area contributed by atoms with Gasteiger partial charge in [-0.3, -0.25) is 9.69 Å². The fourth-order valence-corrected chi connectivity index (χ4v) is 3.12. The summed E-state index contributed by atoms with van der Waals surface area (Å²) in [6.45, 7) is 7.34. The summed E-state index contributed by atoms with van der Waals surface area (Å²) in [5, 5.41) is 0.